The number of carboxylic acid groups (broad SMARTS) is 2. The van der Waals surface area contributed by atoms with Gasteiger partial charge in [-0.1, -0.05) is 23.2 Å². The number of nitrogens with two attached hydrogens (primary N) is 1. The average Bonchev–Trinajstić information content (AvgIpc) is 3.60. The van der Waals surface area contributed by atoms with Gasteiger partial charge in [-0.05, 0) is 130 Å². The lowest BCUT2D eigenvalue weighted by molar-refractivity contribution is -0.148. The predicted molar refractivity (Wildman–Crippen MR) is 224 cm³/mol. The number of pyridine rings is 1. The van der Waals surface area contributed by atoms with Gasteiger partial charge in [-0.25, -0.2) is 14.6 Å². The summed E-state index contributed by atoms with van der Waals surface area (Å²) in [5, 5.41) is 21.1. The zero-order chi connectivity index (χ0) is 38.3. The third-order valence-corrected chi connectivity index (χ3v) is 9.37. The SMILES string of the molecule is CC(=O)C(=O)O.Cn1cc(-c2cc(C(=O)O)c3cc(I)ccc3n2)c2cc(Cl)ccc21.Cn1cc(C=O)c2cc(Cl)ccc21.Nc1ccc(I)cc1. The van der Waals surface area contributed by atoms with Crippen molar-refractivity contribution in [1.82, 2.24) is 14.1 Å². The van der Waals surface area contributed by atoms with Gasteiger partial charge in [0.05, 0.1) is 16.8 Å². The number of carbonyl (C=O) groups is 4. The Labute approximate surface area is 335 Å². The fraction of sp³-hybridized carbons (Fsp3) is 0.0789. The molecule has 52 heavy (non-hydrogen) atoms. The molecule has 0 amide bonds. The van der Waals surface area contributed by atoms with Crippen LogP contribution in [-0.2, 0) is 23.7 Å². The molecule has 0 bridgehead atoms. The maximum absolute atomic E-state index is 11.8. The Hall–Kier alpha value is -4.51. The summed E-state index contributed by atoms with van der Waals surface area (Å²) in [7, 11) is 3.85. The van der Waals surface area contributed by atoms with Crippen LogP contribution in [0.2, 0.25) is 10.0 Å². The molecule has 0 fully saturated rings. The zero-order valence-corrected chi connectivity index (χ0v) is 33.6. The number of ketones is 1. The highest BCUT2D eigenvalue weighted by Gasteiger charge is 2.17. The summed E-state index contributed by atoms with van der Waals surface area (Å²) in [5.74, 6) is -3.17. The number of carbonyl (C=O) groups excluding carboxylic acids is 2. The summed E-state index contributed by atoms with van der Waals surface area (Å²) < 4.78 is 6.09. The molecule has 7 rings (SSSR count). The van der Waals surface area contributed by atoms with E-state index in [1.165, 1.54) is 3.57 Å². The van der Waals surface area contributed by atoms with Gasteiger partial charge in [0.25, 0.3) is 0 Å². The lowest BCUT2D eigenvalue weighted by atomic mass is 10.0. The van der Waals surface area contributed by atoms with Gasteiger partial charge in [-0.15, -0.1) is 0 Å². The molecule has 0 aliphatic carbocycles. The summed E-state index contributed by atoms with van der Waals surface area (Å²) in [4.78, 5) is 46.1. The Morgan fingerprint density at radius 3 is 1.83 bits per heavy atom. The number of halogens is 4. The van der Waals surface area contributed by atoms with Crippen LogP contribution in [0.25, 0.3) is 44.0 Å². The minimum absolute atomic E-state index is 0.248. The van der Waals surface area contributed by atoms with Gasteiger partial charge in [-0.2, -0.15) is 0 Å². The summed E-state index contributed by atoms with van der Waals surface area (Å²) in [5.41, 5.74) is 11.4. The van der Waals surface area contributed by atoms with Crippen LogP contribution in [0.15, 0.2) is 97.3 Å². The van der Waals surface area contributed by atoms with Crippen molar-refractivity contribution in [2.75, 3.05) is 5.73 Å². The molecule has 0 radical (unpaired) electrons. The molecule has 0 saturated carbocycles. The second kappa shape index (κ2) is 17.8. The van der Waals surface area contributed by atoms with E-state index in [4.69, 9.17) is 39.0 Å². The highest BCUT2D eigenvalue weighted by molar-refractivity contribution is 14.1. The number of anilines is 1. The molecule has 0 saturated heterocycles. The second-order valence-corrected chi connectivity index (χ2v) is 14.6. The van der Waals surface area contributed by atoms with Gasteiger partial charge in [0.2, 0.25) is 5.78 Å². The molecular weight excluding hydrogens is 933 g/mol. The van der Waals surface area contributed by atoms with Crippen LogP contribution >= 0.6 is 68.4 Å². The monoisotopic (exact) mass is 962 g/mol. The number of nitrogens with zero attached hydrogens (tertiary/aromatic N) is 3. The molecule has 266 valence electrons. The Morgan fingerprint density at radius 1 is 0.750 bits per heavy atom. The molecule has 0 unspecified atom stereocenters. The minimum atomic E-state index is -1.38. The maximum atomic E-state index is 11.8. The number of aromatic nitrogens is 3. The third-order valence-electron chi connectivity index (χ3n) is 7.51. The minimum Gasteiger partial charge on any atom is -0.478 e. The number of hydrogen-bond acceptors (Lipinski definition) is 6. The first-order valence-electron chi connectivity index (χ1n) is 15.1. The normalized spacial score (nSPS) is 10.4. The molecule has 7 aromatic rings. The van der Waals surface area contributed by atoms with E-state index < -0.39 is 17.7 Å². The molecule has 3 aromatic heterocycles. The fourth-order valence-electron chi connectivity index (χ4n) is 5.03. The number of hydrogen-bond donors (Lipinski definition) is 3. The van der Waals surface area contributed by atoms with E-state index in [1.54, 1.807) is 18.3 Å². The summed E-state index contributed by atoms with van der Waals surface area (Å²) >= 11 is 16.4. The zero-order valence-electron chi connectivity index (χ0n) is 27.8. The average molecular weight is 963 g/mol. The molecule has 10 nitrogen and oxygen atoms in total. The Morgan fingerprint density at radius 2 is 1.29 bits per heavy atom. The second-order valence-electron chi connectivity index (χ2n) is 11.2. The molecule has 4 aromatic carbocycles. The number of aldehydes is 1. The Bertz CT molecular complexity index is 2430. The highest BCUT2D eigenvalue weighted by atomic mass is 127. The van der Waals surface area contributed by atoms with Crippen LogP contribution in [0.4, 0.5) is 5.69 Å². The number of aryl methyl sites for hydroxylation is 2. The van der Waals surface area contributed by atoms with E-state index >= 15 is 0 Å². The topological polar surface area (TPSA) is 158 Å². The number of benzene rings is 4. The van der Waals surface area contributed by atoms with Gasteiger partial charge < -0.3 is 25.1 Å². The lowest BCUT2D eigenvalue weighted by Crippen LogP contribution is -2.05. The van der Waals surface area contributed by atoms with Gasteiger partial charge in [0, 0.05) is 94.6 Å². The van der Waals surface area contributed by atoms with Crippen molar-refractivity contribution in [1.29, 1.82) is 0 Å². The number of nitrogen functional groups attached to an aromatic ring is 1. The Kier molecular flexibility index (Phi) is 13.8. The van der Waals surface area contributed by atoms with Crippen molar-refractivity contribution in [3.05, 3.63) is 126 Å². The van der Waals surface area contributed by atoms with E-state index in [9.17, 15) is 24.3 Å². The van der Waals surface area contributed by atoms with E-state index in [0.717, 1.165) is 49.8 Å². The molecule has 14 heteroatoms. The van der Waals surface area contributed by atoms with E-state index in [-0.39, 0.29) is 5.56 Å². The quantitative estimate of drug-likeness (QED) is 0.0682. The molecule has 0 spiro atoms. The molecule has 3 heterocycles. The van der Waals surface area contributed by atoms with E-state index in [0.29, 0.717) is 32.2 Å². The first kappa shape index (κ1) is 40.3. The van der Waals surface area contributed by atoms with Crippen molar-refractivity contribution in [3.63, 3.8) is 0 Å². The van der Waals surface area contributed by atoms with Crippen molar-refractivity contribution >= 4 is 131 Å². The molecule has 0 atom stereocenters. The standard InChI is InChI=1S/C19H12ClIN2O2.C10H8ClNO.C6H6IN.C3H4O3/c1-23-9-15(13-6-10(20)2-5-18(13)23)17-8-14(19(24)25)12-7-11(21)3-4-16(12)22-17;1-12-5-7(6-13)9-4-8(11)2-3-10(9)12;7-5-1-3-6(8)4-2-5;1-2(4)3(5)6/h2-9H,1H3,(H,24,25);2-6H,1H3;1-4H,8H2;1H3,(H,5,6). The molecule has 0 aliphatic rings. The number of fused-ring (bicyclic) bond motifs is 3. The van der Waals surface area contributed by atoms with Gasteiger partial charge in [-0.3, -0.25) is 9.59 Å². The van der Waals surface area contributed by atoms with Gasteiger partial charge >= 0.3 is 11.9 Å². The van der Waals surface area contributed by atoms with Crippen LogP contribution in [-0.4, -0.2) is 48.3 Å². The summed E-state index contributed by atoms with van der Waals surface area (Å²) in [6.45, 7) is 1.00. The fourth-order valence-corrected chi connectivity index (χ4v) is 6.23. The van der Waals surface area contributed by atoms with Gasteiger partial charge in [0.15, 0.2) is 6.29 Å². The number of Topliss-reactive ketones (excluding diaryl/α,β-unsaturated/α-hetero) is 1. The predicted octanol–water partition coefficient (Wildman–Crippen LogP) is 9.53. The Balaban J connectivity index is 0.000000186. The number of aliphatic carboxylic acids is 1. The van der Waals surface area contributed by atoms with E-state index in [2.05, 4.69) is 45.2 Å². The number of carboxylic acids is 2. The smallest absolute Gasteiger partial charge is 0.371 e. The molecular formula is C38H30Cl2I2N4O6. The third kappa shape index (κ3) is 10.1. The van der Waals surface area contributed by atoms with Crippen LogP contribution < -0.4 is 5.73 Å². The first-order valence-corrected chi connectivity index (χ1v) is 18.0. The number of rotatable bonds is 4. The molecule has 0 aliphatic heterocycles. The van der Waals surface area contributed by atoms with Crippen LogP contribution in [0, 0.1) is 7.14 Å². The largest absolute Gasteiger partial charge is 0.478 e. The lowest BCUT2D eigenvalue weighted by Gasteiger charge is -2.07. The van der Waals surface area contributed by atoms with Gasteiger partial charge in [0.1, 0.15) is 0 Å². The van der Waals surface area contributed by atoms with Crippen LogP contribution in [0.1, 0.15) is 27.6 Å². The van der Waals surface area contributed by atoms with Crippen LogP contribution in [0.3, 0.4) is 0 Å². The summed E-state index contributed by atoms with van der Waals surface area (Å²) in [6.07, 6.45) is 4.60. The summed E-state index contributed by atoms with van der Waals surface area (Å²) in [6, 6.07) is 26.2. The van der Waals surface area contributed by atoms with Crippen molar-refractivity contribution in [2.45, 2.75) is 6.92 Å². The maximum Gasteiger partial charge on any atom is 0.371 e. The first-order chi connectivity index (χ1) is 24.6. The van der Waals surface area contributed by atoms with Crippen molar-refractivity contribution in [3.8, 4) is 11.3 Å². The van der Waals surface area contributed by atoms with E-state index in [1.807, 2.05) is 102 Å². The van der Waals surface area contributed by atoms with Crippen molar-refractivity contribution < 1.29 is 29.4 Å². The molecule has 4 N–H and O–H groups in total. The van der Waals surface area contributed by atoms with Crippen molar-refractivity contribution in [2.24, 2.45) is 14.1 Å². The van der Waals surface area contributed by atoms with Crippen LogP contribution in [0.5, 0.6) is 0 Å². The highest BCUT2D eigenvalue weighted by Crippen LogP contribution is 2.33. The number of aromatic carboxylic acids is 1.